The molecule has 0 saturated carbocycles. The zero-order valence-corrected chi connectivity index (χ0v) is 18.6. The molecule has 0 unspecified atom stereocenters. The van der Waals surface area contributed by atoms with Crippen LogP contribution in [0.5, 0.6) is 5.75 Å². The van der Waals surface area contributed by atoms with E-state index in [2.05, 4.69) is 72.8 Å². The average molecular weight is 437 g/mol. The summed E-state index contributed by atoms with van der Waals surface area (Å²) in [7, 11) is 0. The molecule has 0 aliphatic heterocycles. The minimum atomic E-state index is -0.805. The van der Waals surface area contributed by atoms with Crippen molar-refractivity contribution in [3.63, 3.8) is 0 Å². The van der Waals surface area contributed by atoms with Crippen LogP contribution in [0.3, 0.4) is 0 Å². The van der Waals surface area contributed by atoms with Crippen molar-refractivity contribution in [1.82, 2.24) is 0 Å². The van der Waals surface area contributed by atoms with Crippen molar-refractivity contribution in [1.29, 1.82) is 0 Å². The number of rotatable bonds is 10. The molecule has 0 spiro atoms. The van der Waals surface area contributed by atoms with Gasteiger partial charge in [0.2, 0.25) is 0 Å². The first-order chi connectivity index (χ1) is 16.2. The monoisotopic (exact) mass is 436 g/mol. The van der Waals surface area contributed by atoms with Crippen LogP contribution in [0.4, 0.5) is 0 Å². The number of hydrogen-bond donors (Lipinski definition) is 1. The van der Waals surface area contributed by atoms with Gasteiger partial charge < -0.3 is 9.84 Å². The molecule has 0 heterocycles. The van der Waals surface area contributed by atoms with E-state index >= 15 is 0 Å². The highest BCUT2D eigenvalue weighted by molar-refractivity contribution is 5.67. The second-order valence-corrected chi connectivity index (χ2v) is 8.10. The normalized spacial score (nSPS) is 11.2. The molecule has 166 valence electrons. The summed E-state index contributed by atoms with van der Waals surface area (Å²) in [6, 6.07) is 39.4. The second kappa shape index (κ2) is 10.6. The van der Waals surface area contributed by atoms with Gasteiger partial charge in [0.15, 0.2) is 0 Å². The second-order valence-electron chi connectivity index (χ2n) is 8.10. The summed E-state index contributed by atoms with van der Waals surface area (Å²) in [4.78, 5) is 11.1. The number of ether oxygens (including phenoxy) is 1. The molecule has 33 heavy (non-hydrogen) atoms. The summed E-state index contributed by atoms with van der Waals surface area (Å²) in [6.07, 6.45) is 1.27. The summed E-state index contributed by atoms with van der Waals surface area (Å²) >= 11 is 0. The molecule has 4 rings (SSSR count). The average Bonchev–Trinajstić information content (AvgIpc) is 2.87. The lowest BCUT2D eigenvalue weighted by atomic mass is 9.67. The number of aryl methyl sites for hydroxylation is 1. The van der Waals surface area contributed by atoms with E-state index in [1.165, 1.54) is 16.7 Å². The summed E-state index contributed by atoms with van der Waals surface area (Å²) in [5.74, 6) is -0.0529. The van der Waals surface area contributed by atoms with Crippen LogP contribution < -0.4 is 4.74 Å². The van der Waals surface area contributed by atoms with Crippen LogP contribution in [0.2, 0.25) is 0 Å². The van der Waals surface area contributed by atoms with Crippen molar-refractivity contribution in [3.05, 3.63) is 138 Å². The number of carboxylic acids is 1. The predicted octanol–water partition coefficient (Wildman–Crippen LogP) is 6.51. The molecule has 3 nitrogen and oxygen atoms in total. The lowest BCUT2D eigenvalue weighted by molar-refractivity contribution is -0.136. The SMILES string of the molecule is O=C(O)CCc1ccccc1OCCC(c1ccccc1)(c1ccccc1)c1ccccc1. The molecule has 0 fully saturated rings. The van der Waals surface area contributed by atoms with Crippen molar-refractivity contribution in [2.45, 2.75) is 24.7 Å². The van der Waals surface area contributed by atoms with Gasteiger partial charge in [-0.15, -0.1) is 0 Å². The van der Waals surface area contributed by atoms with Crippen LogP contribution in [0.15, 0.2) is 115 Å². The maximum absolute atomic E-state index is 11.1. The zero-order chi connectivity index (χ0) is 22.9. The van der Waals surface area contributed by atoms with Gasteiger partial charge in [-0.05, 0) is 41.2 Å². The predicted molar refractivity (Wildman–Crippen MR) is 132 cm³/mol. The standard InChI is InChI=1S/C30H28O3/c31-29(32)21-20-24-12-10-11-19-28(24)33-23-22-30(25-13-4-1-5-14-25,26-15-6-2-7-16-26)27-17-8-3-9-18-27/h1-19H,20-23H2,(H,31,32). The molecule has 0 aliphatic carbocycles. The van der Waals surface area contributed by atoms with Crippen LogP contribution in [0.1, 0.15) is 35.1 Å². The number of hydrogen-bond acceptors (Lipinski definition) is 2. The lowest BCUT2D eigenvalue weighted by Gasteiger charge is -2.36. The van der Waals surface area contributed by atoms with Gasteiger partial charge >= 0.3 is 5.97 Å². The molecular weight excluding hydrogens is 408 g/mol. The van der Waals surface area contributed by atoms with Crippen molar-refractivity contribution in [2.24, 2.45) is 0 Å². The molecule has 0 aliphatic rings. The molecule has 0 aromatic heterocycles. The quantitative estimate of drug-likeness (QED) is 0.288. The van der Waals surface area contributed by atoms with E-state index in [-0.39, 0.29) is 11.8 Å². The molecule has 4 aromatic rings. The van der Waals surface area contributed by atoms with Gasteiger partial charge in [-0.3, -0.25) is 4.79 Å². The van der Waals surface area contributed by atoms with Crippen LogP contribution in [0.25, 0.3) is 0 Å². The van der Waals surface area contributed by atoms with Gasteiger partial charge in [-0.25, -0.2) is 0 Å². The highest BCUT2D eigenvalue weighted by atomic mass is 16.5. The third kappa shape index (κ3) is 5.15. The number of carboxylic acid groups (broad SMARTS) is 1. The van der Waals surface area contributed by atoms with E-state index in [1.807, 2.05) is 42.5 Å². The Bertz CT molecular complexity index is 1060. The Hall–Kier alpha value is -3.85. The Labute approximate surface area is 195 Å². The van der Waals surface area contributed by atoms with Gasteiger partial charge in [0.25, 0.3) is 0 Å². The molecule has 4 aromatic carbocycles. The van der Waals surface area contributed by atoms with E-state index in [4.69, 9.17) is 9.84 Å². The minimum absolute atomic E-state index is 0.0857. The third-order valence-electron chi connectivity index (χ3n) is 6.12. The molecule has 0 amide bonds. The maximum Gasteiger partial charge on any atom is 0.303 e. The van der Waals surface area contributed by atoms with Gasteiger partial charge in [-0.2, -0.15) is 0 Å². The molecule has 3 heteroatoms. The smallest absolute Gasteiger partial charge is 0.303 e. The summed E-state index contributed by atoms with van der Waals surface area (Å²) < 4.78 is 6.30. The van der Waals surface area contributed by atoms with Gasteiger partial charge in [0.1, 0.15) is 5.75 Å². The van der Waals surface area contributed by atoms with Gasteiger partial charge in [0, 0.05) is 11.8 Å². The van der Waals surface area contributed by atoms with Crippen LogP contribution in [-0.4, -0.2) is 17.7 Å². The number of benzene rings is 4. The first-order valence-corrected chi connectivity index (χ1v) is 11.3. The fourth-order valence-electron chi connectivity index (χ4n) is 4.51. The molecule has 0 atom stereocenters. The number of carbonyl (C=O) groups is 1. The van der Waals surface area contributed by atoms with E-state index < -0.39 is 5.97 Å². The molecule has 0 saturated heterocycles. The Morgan fingerprint density at radius 3 is 1.61 bits per heavy atom. The van der Waals surface area contributed by atoms with E-state index in [9.17, 15) is 4.79 Å². The fourth-order valence-corrected chi connectivity index (χ4v) is 4.51. The van der Waals surface area contributed by atoms with Gasteiger partial charge in [0.05, 0.1) is 6.61 Å². The lowest BCUT2D eigenvalue weighted by Crippen LogP contribution is -2.31. The molecule has 1 N–H and O–H groups in total. The summed E-state index contributed by atoms with van der Waals surface area (Å²) in [6.45, 7) is 0.489. The zero-order valence-electron chi connectivity index (χ0n) is 18.6. The minimum Gasteiger partial charge on any atom is -0.493 e. The van der Waals surface area contributed by atoms with Crippen LogP contribution >= 0.6 is 0 Å². The molecular formula is C30H28O3. The number of aliphatic carboxylic acids is 1. The third-order valence-corrected chi connectivity index (χ3v) is 6.12. The number of para-hydroxylation sites is 1. The topological polar surface area (TPSA) is 46.5 Å². The Kier molecular flexibility index (Phi) is 7.21. The van der Waals surface area contributed by atoms with E-state index in [1.54, 1.807) is 0 Å². The van der Waals surface area contributed by atoms with Crippen molar-refractivity contribution in [3.8, 4) is 5.75 Å². The first-order valence-electron chi connectivity index (χ1n) is 11.3. The van der Waals surface area contributed by atoms with Gasteiger partial charge in [-0.1, -0.05) is 109 Å². The van der Waals surface area contributed by atoms with Crippen molar-refractivity contribution < 1.29 is 14.6 Å². The van der Waals surface area contributed by atoms with E-state index in [0.717, 1.165) is 17.7 Å². The largest absolute Gasteiger partial charge is 0.493 e. The fraction of sp³-hybridized carbons (Fsp3) is 0.167. The summed E-state index contributed by atoms with van der Waals surface area (Å²) in [5.41, 5.74) is 4.19. The Balaban J connectivity index is 1.70. The van der Waals surface area contributed by atoms with E-state index in [0.29, 0.717) is 13.0 Å². The maximum atomic E-state index is 11.1. The molecule has 0 radical (unpaired) electrons. The van der Waals surface area contributed by atoms with Crippen LogP contribution in [0, 0.1) is 0 Å². The Morgan fingerprint density at radius 1 is 0.667 bits per heavy atom. The van der Waals surface area contributed by atoms with Crippen molar-refractivity contribution >= 4 is 5.97 Å². The van der Waals surface area contributed by atoms with Crippen LogP contribution in [-0.2, 0) is 16.6 Å². The van der Waals surface area contributed by atoms with Crippen molar-refractivity contribution in [2.75, 3.05) is 6.61 Å². The molecule has 0 bridgehead atoms. The summed E-state index contributed by atoms with van der Waals surface area (Å²) in [5, 5.41) is 9.09. The highest BCUT2D eigenvalue weighted by Crippen LogP contribution is 2.42. The highest BCUT2D eigenvalue weighted by Gasteiger charge is 2.36. The first kappa shape index (κ1) is 22.3. The Morgan fingerprint density at radius 2 is 1.12 bits per heavy atom.